The summed E-state index contributed by atoms with van der Waals surface area (Å²) in [5, 5.41) is 4.97. The van der Waals surface area contributed by atoms with Crippen LogP contribution in [0, 0.1) is 13.8 Å². The van der Waals surface area contributed by atoms with Crippen LogP contribution in [0.2, 0.25) is 0 Å². The summed E-state index contributed by atoms with van der Waals surface area (Å²) in [6, 6.07) is 10.0. The molecule has 31 heavy (non-hydrogen) atoms. The number of aryl methyl sites for hydroxylation is 2. The highest BCUT2D eigenvalue weighted by molar-refractivity contribution is 7.80. The number of fused-ring (bicyclic) bond motifs is 1. The fourth-order valence-corrected chi connectivity index (χ4v) is 4.14. The molecule has 4 rings (SSSR count). The Bertz CT molecular complexity index is 1120. The van der Waals surface area contributed by atoms with Crippen LogP contribution < -0.4 is 10.9 Å². The molecule has 1 atom stereocenters. The predicted molar refractivity (Wildman–Crippen MR) is 127 cm³/mol. The standard InChI is InChI=1S/C24H28N4O2S/c1-16-7-8-19-11-20(23(29)27-22(19)17(16)2)15-28(14-18-5-3-9-25-12-18)24(31)26-13-21-6-4-10-30-21/h3,5,7-9,11-12,21H,4,6,10,13-15H2,1-2H3,(H,26,31)(H,27,29). The lowest BCUT2D eigenvalue weighted by Crippen LogP contribution is -2.42. The lowest BCUT2D eigenvalue weighted by atomic mass is 10.0. The van der Waals surface area contributed by atoms with Gasteiger partial charge in [0.25, 0.3) is 5.56 Å². The number of nitrogens with one attached hydrogen (secondary N) is 2. The van der Waals surface area contributed by atoms with Gasteiger partial charge in [0.2, 0.25) is 0 Å². The van der Waals surface area contributed by atoms with Crippen molar-refractivity contribution in [3.8, 4) is 0 Å². The Labute approximate surface area is 187 Å². The molecule has 6 nitrogen and oxygen atoms in total. The average molecular weight is 437 g/mol. The smallest absolute Gasteiger partial charge is 0.253 e. The number of thiocarbonyl (C=S) groups is 1. The third-order valence-corrected chi connectivity index (χ3v) is 6.28. The maximum Gasteiger partial charge on any atom is 0.253 e. The van der Waals surface area contributed by atoms with Gasteiger partial charge in [0.15, 0.2) is 5.11 Å². The van der Waals surface area contributed by atoms with E-state index in [0.29, 0.717) is 30.3 Å². The van der Waals surface area contributed by atoms with Gasteiger partial charge in [-0.3, -0.25) is 9.78 Å². The molecule has 1 aliphatic heterocycles. The molecule has 2 aromatic heterocycles. The Morgan fingerprint density at radius 3 is 2.94 bits per heavy atom. The zero-order valence-corrected chi connectivity index (χ0v) is 18.8. The second-order valence-electron chi connectivity index (χ2n) is 8.13. The minimum atomic E-state index is -0.0840. The first-order valence-corrected chi connectivity index (χ1v) is 11.1. The van der Waals surface area contributed by atoms with E-state index in [1.807, 2.05) is 36.2 Å². The van der Waals surface area contributed by atoms with Gasteiger partial charge < -0.3 is 19.9 Å². The molecule has 1 fully saturated rings. The maximum absolute atomic E-state index is 12.9. The molecule has 1 unspecified atom stereocenters. The van der Waals surface area contributed by atoms with Crippen molar-refractivity contribution in [1.82, 2.24) is 20.2 Å². The lowest BCUT2D eigenvalue weighted by molar-refractivity contribution is 0.113. The van der Waals surface area contributed by atoms with Crippen LogP contribution >= 0.6 is 12.2 Å². The molecule has 0 saturated carbocycles. The number of pyridine rings is 2. The molecule has 3 heterocycles. The minimum absolute atomic E-state index is 0.0840. The first kappa shape index (κ1) is 21.5. The van der Waals surface area contributed by atoms with Crippen LogP contribution in [-0.4, -0.2) is 39.2 Å². The fourth-order valence-electron chi connectivity index (χ4n) is 3.92. The molecule has 1 aliphatic rings. The van der Waals surface area contributed by atoms with Crippen LogP contribution in [0.4, 0.5) is 0 Å². The molecule has 7 heteroatoms. The van der Waals surface area contributed by atoms with Crippen LogP contribution in [0.25, 0.3) is 10.9 Å². The van der Waals surface area contributed by atoms with Gasteiger partial charge in [-0.2, -0.15) is 0 Å². The Kier molecular flexibility index (Phi) is 6.63. The van der Waals surface area contributed by atoms with Crippen molar-refractivity contribution in [2.24, 2.45) is 0 Å². The van der Waals surface area contributed by atoms with E-state index in [4.69, 9.17) is 17.0 Å². The van der Waals surface area contributed by atoms with Crippen molar-refractivity contribution in [3.63, 3.8) is 0 Å². The lowest BCUT2D eigenvalue weighted by Gasteiger charge is -2.27. The number of benzene rings is 1. The zero-order chi connectivity index (χ0) is 21.8. The topological polar surface area (TPSA) is 70.2 Å². The van der Waals surface area contributed by atoms with Gasteiger partial charge in [0, 0.05) is 37.7 Å². The Balaban J connectivity index is 1.58. The SMILES string of the molecule is Cc1ccc2cc(CN(Cc3cccnc3)C(=S)NCC3CCCO3)c(=O)[nH]c2c1C. The highest BCUT2D eigenvalue weighted by Crippen LogP contribution is 2.20. The highest BCUT2D eigenvalue weighted by Gasteiger charge is 2.19. The number of hydrogen-bond acceptors (Lipinski definition) is 4. The van der Waals surface area contributed by atoms with E-state index in [1.54, 1.807) is 6.20 Å². The second-order valence-corrected chi connectivity index (χ2v) is 8.52. The summed E-state index contributed by atoms with van der Waals surface area (Å²) in [4.78, 5) is 22.2. The fraction of sp³-hybridized carbons (Fsp3) is 0.375. The van der Waals surface area contributed by atoms with Crippen molar-refractivity contribution < 1.29 is 4.74 Å². The van der Waals surface area contributed by atoms with Gasteiger partial charge in [0.05, 0.1) is 18.2 Å². The van der Waals surface area contributed by atoms with Crippen molar-refractivity contribution >= 4 is 28.2 Å². The van der Waals surface area contributed by atoms with Crippen molar-refractivity contribution in [1.29, 1.82) is 0 Å². The first-order chi connectivity index (χ1) is 15.0. The second kappa shape index (κ2) is 9.58. The summed E-state index contributed by atoms with van der Waals surface area (Å²) in [5.74, 6) is 0. The molecule has 0 bridgehead atoms. The molecule has 0 spiro atoms. The normalized spacial score (nSPS) is 15.9. The van der Waals surface area contributed by atoms with Crippen molar-refractivity contribution in [2.75, 3.05) is 13.2 Å². The summed E-state index contributed by atoms with van der Waals surface area (Å²) in [5.41, 5.74) is 4.79. The van der Waals surface area contributed by atoms with Gasteiger partial charge in [-0.1, -0.05) is 18.2 Å². The average Bonchev–Trinajstić information content (AvgIpc) is 3.30. The highest BCUT2D eigenvalue weighted by atomic mass is 32.1. The maximum atomic E-state index is 12.9. The van der Waals surface area contributed by atoms with Gasteiger partial charge in [-0.05, 0) is 73.1 Å². The number of rotatable bonds is 6. The monoisotopic (exact) mass is 436 g/mol. The van der Waals surface area contributed by atoms with E-state index < -0.39 is 0 Å². The van der Waals surface area contributed by atoms with E-state index in [-0.39, 0.29) is 11.7 Å². The van der Waals surface area contributed by atoms with E-state index in [2.05, 4.69) is 34.3 Å². The van der Waals surface area contributed by atoms with Gasteiger partial charge in [0.1, 0.15) is 0 Å². The van der Waals surface area contributed by atoms with Crippen LogP contribution in [0.15, 0.2) is 47.5 Å². The van der Waals surface area contributed by atoms with Crippen LogP contribution in [-0.2, 0) is 17.8 Å². The van der Waals surface area contributed by atoms with E-state index in [1.165, 1.54) is 0 Å². The number of ether oxygens (including phenoxy) is 1. The summed E-state index contributed by atoms with van der Waals surface area (Å²) >= 11 is 5.71. The molecule has 2 N–H and O–H groups in total. The predicted octanol–water partition coefficient (Wildman–Crippen LogP) is 3.60. The molecular weight excluding hydrogens is 408 g/mol. The molecule has 3 aromatic rings. The van der Waals surface area contributed by atoms with Gasteiger partial charge >= 0.3 is 0 Å². The van der Waals surface area contributed by atoms with Gasteiger partial charge in [-0.15, -0.1) is 0 Å². The number of nitrogens with zero attached hydrogens (tertiary/aromatic N) is 2. The summed E-state index contributed by atoms with van der Waals surface area (Å²) in [7, 11) is 0. The number of hydrogen-bond donors (Lipinski definition) is 2. The van der Waals surface area contributed by atoms with E-state index >= 15 is 0 Å². The largest absolute Gasteiger partial charge is 0.376 e. The van der Waals surface area contributed by atoms with E-state index in [9.17, 15) is 4.79 Å². The molecular formula is C24H28N4O2S. The van der Waals surface area contributed by atoms with E-state index in [0.717, 1.165) is 47.0 Å². The molecule has 1 saturated heterocycles. The molecule has 1 aromatic carbocycles. The molecule has 0 amide bonds. The minimum Gasteiger partial charge on any atom is -0.376 e. The Morgan fingerprint density at radius 1 is 1.32 bits per heavy atom. The number of H-pyrrole nitrogens is 1. The Morgan fingerprint density at radius 2 is 2.19 bits per heavy atom. The third kappa shape index (κ3) is 5.11. The van der Waals surface area contributed by atoms with Crippen LogP contribution in [0.5, 0.6) is 0 Å². The molecule has 162 valence electrons. The third-order valence-electron chi connectivity index (χ3n) is 5.88. The summed E-state index contributed by atoms with van der Waals surface area (Å²) in [6.45, 7) is 6.54. The van der Waals surface area contributed by atoms with Gasteiger partial charge in [-0.25, -0.2) is 0 Å². The zero-order valence-electron chi connectivity index (χ0n) is 18.0. The quantitative estimate of drug-likeness (QED) is 0.576. The van der Waals surface area contributed by atoms with Crippen molar-refractivity contribution in [2.45, 2.75) is 45.9 Å². The molecule has 0 radical (unpaired) electrons. The van der Waals surface area contributed by atoms with Crippen LogP contribution in [0.1, 0.15) is 35.1 Å². The first-order valence-electron chi connectivity index (χ1n) is 10.7. The van der Waals surface area contributed by atoms with Crippen LogP contribution in [0.3, 0.4) is 0 Å². The number of aromatic amines is 1. The summed E-state index contributed by atoms with van der Waals surface area (Å²) < 4.78 is 5.70. The number of aromatic nitrogens is 2. The Hall–Kier alpha value is -2.77. The van der Waals surface area contributed by atoms with Crippen molar-refractivity contribution in [3.05, 3.63) is 75.3 Å². The summed E-state index contributed by atoms with van der Waals surface area (Å²) in [6.07, 6.45) is 5.89. The molecule has 0 aliphatic carbocycles.